The van der Waals surface area contributed by atoms with Gasteiger partial charge in [-0.05, 0) is 59.7 Å². The van der Waals surface area contributed by atoms with Crippen molar-refractivity contribution in [2.45, 2.75) is 25.7 Å². The van der Waals surface area contributed by atoms with Crippen LogP contribution in [0.4, 0.5) is 8.78 Å². The van der Waals surface area contributed by atoms with Gasteiger partial charge in [0.05, 0.1) is 16.8 Å². The normalized spacial score (nSPS) is 14.9. The molecule has 0 saturated heterocycles. The number of benzene rings is 3. The smallest absolute Gasteiger partial charge is 0.336 e. The highest BCUT2D eigenvalue weighted by atomic mass is 19.1. The van der Waals surface area contributed by atoms with Crippen LogP contribution in [0.3, 0.4) is 0 Å². The molecule has 0 bridgehead atoms. The van der Waals surface area contributed by atoms with E-state index in [1.165, 1.54) is 24.3 Å². The Kier molecular flexibility index (Phi) is 4.54. The Morgan fingerprint density at radius 1 is 1.06 bits per heavy atom. The fourth-order valence-corrected chi connectivity index (χ4v) is 4.64. The van der Waals surface area contributed by atoms with E-state index in [9.17, 15) is 18.7 Å². The van der Waals surface area contributed by atoms with Crippen LogP contribution in [-0.2, 0) is 6.42 Å². The molecule has 3 aromatic carbocycles. The summed E-state index contributed by atoms with van der Waals surface area (Å²) in [5.41, 5.74) is 4.97. The summed E-state index contributed by atoms with van der Waals surface area (Å²) < 4.78 is 28.2. The Labute approximate surface area is 178 Å². The Balaban J connectivity index is 1.79. The van der Waals surface area contributed by atoms with Gasteiger partial charge in [-0.25, -0.2) is 18.6 Å². The summed E-state index contributed by atoms with van der Waals surface area (Å²) >= 11 is 0. The van der Waals surface area contributed by atoms with E-state index in [0.29, 0.717) is 34.1 Å². The van der Waals surface area contributed by atoms with Gasteiger partial charge in [-0.1, -0.05) is 43.3 Å². The first kappa shape index (κ1) is 19.4. The van der Waals surface area contributed by atoms with Crippen molar-refractivity contribution in [1.82, 2.24) is 4.98 Å². The van der Waals surface area contributed by atoms with Gasteiger partial charge in [-0.2, -0.15) is 0 Å². The molecule has 0 spiro atoms. The lowest BCUT2D eigenvalue weighted by Gasteiger charge is -2.29. The second-order valence-electron chi connectivity index (χ2n) is 7.87. The molecule has 3 nitrogen and oxygen atoms in total. The third-order valence-electron chi connectivity index (χ3n) is 6.14. The van der Waals surface area contributed by atoms with Crippen molar-refractivity contribution in [3.8, 4) is 22.4 Å². The van der Waals surface area contributed by atoms with Gasteiger partial charge in [0.25, 0.3) is 0 Å². The standard InChI is InChI=1S/C26H19F2NO2/c1-2-14-11-21-24(26(30)31)20-13-16(27)8-10-23(20)29-25(21)18-9-7-15(12-19(14)18)17-5-3-4-6-22(17)28/h3-10,12-14H,2,11H2,1H3,(H,30,31). The van der Waals surface area contributed by atoms with Gasteiger partial charge in [0, 0.05) is 16.5 Å². The summed E-state index contributed by atoms with van der Waals surface area (Å²) in [6.07, 6.45) is 1.27. The Morgan fingerprint density at radius 3 is 2.61 bits per heavy atom. The van der Waals surface area contributed by atoms with Crippen LogP contribution in [0.1, 0.15) is 40.7 Å². The molecule has 1 heterocycles. The van der Waals surface area contributed by atoms with Crippen molar-refractivity contribution in [2.75, 3.05) is 0 Å². The molecule has 5 heteroatoms. The van der Waals surface area contributed by atoms with Gasteiger partial charge in [0.15, 0.2) is 0 Å². The largest absolute Gasteiger partial charge is 0.478 e. The van der Waals surface area contributed by atoms with Gasteiger partial charge in [-0.3, -0.25) is 0 Å². The molecule has 0 amide bonds. The average Bonchev–Trinajstić information content (AvgIpc) is 2.76. The first-order valence-electron chi connectivity index (χ1n) is 10.2. The topological polar surface area (TPSA) is 50.2 Å². The number of carboxylic acid groups (broad SMARTS) is 1. The highest BCUT2D eigenvalue weighted by molar-refractivity contribution is 6.06. The van der Waals surface area contributed by atoms with E-state index in [2.05, 4.69) is 0 Å². The van der Waals surface area contributed by atoms with E-state index in [0.717, 1.165) is 23.1 Å². The van der Waals surface area contributed by atoms with Crippen molar-refractivity contribution in [1.29, 1.82) is 0 Å². The minimum atomic E-state index is -1.09. The van der Waals surface area contributed by atoms with Crippen LogP contribution in [0.15, 0.2) is 60.7 Å². The fourth-order valence-electron chi connectivity index (χ4n) is 4.64. The van der Waals surface area contributed by atoms with Crippen LogP contribution in [-0.4, -0.2) is 16.1 Å². The zero-order valence-electron chi connectivity index (χ0n) is 16.8. The van der Waals surface area contributed by atoms with E-state index in [1.807, 2.05) is 25.1 Å². The minimum Gasteiger partial charge on any atom is -0.478 e. The second kappa shape index (κ2) is 7.27. The molecule has 5 rings (SSSR count). The van der Waals surface area contributed by atoms with Crippen LogP contribution in [0.2, 0.25) is 0 Å². The molecular weight excluding hydrogens is 396 g/mol. The third kappa shape index (κ3) is 3.08. The van der Waals surface area contributed by atoms with Crippen molar-refractivity contribution < 1.29 is 18.7 Å². The van der Waals surface area contributed by atoms with E-state index in [1.54, 1.807) is 18.2 Å². The maximum Gasteiger partial charge on any atom is 0.336 e. The highest BCUT2D eigenvalue weighted by Crippen LogP contribution is 2.44. The van der Waals surface area contributed by atoms with Crippen molar-refractivity contribution >= 4 is 16.9 Å². The lowest BCUT2D eigenvalue weighted by atomic mass is 9.76. The lowest BCUT2D eigenvalue weighted by molar-refractivity contribution is 0.0697. The summed E-state index contributed by atoms with van der Waals surface area (Å²) in [6, 6.07) is 16.4. The molecule has 0 fully saturated rings. The Bertz CT molecular complexity index is 1360. The molecule has 1 N–H and O–H groups in total. The van der Waals surface area contributed by atoms with Gasteiger partial charge in [0.2, 0.25) is 0 Å². The number of carbonyl (C=O) groups is 1. The quantitative estimate of drug-likeness (QED) is 0.410. The summed E-state index contributed by atoms with van der Waals surface area (Å²) in [5, 5.41) is 10.3. The van der Waals surface area contributed by atoms with E-state index >= 15 is 0 Å². The van der Waals surface area contributed by atoms with Crippen molar-refractivity contribution in [2.24, 2.45) is 0 Å². The minimum absolute atomic E-state index is 0.0557. The molecule has 0 aliphatic heterocycles. The van der Waals surface area contributed by atoms with E-state index in [-0.39, 0.29) is 17.3 Å². The predicted molar refractivity (Wildman–Crippen MR) is 116 cm³/mol. The molecule has 31 heavy (non-hydrogen) atoms. The van der Waals surface area contributed by atoms with Gasteiger partial charge in [0.1, 0.15) is 11.6 Å². The Hall–Kier alpha value is -3.60. The summed E-state index contributed by atoms with van der Waals surface area (Å²) in [6.45, 7) is 2.05. The molecule has 0 saturated carbocycles. The first-order chi connectivity index (χ1) is 15.0. The molecule has 1 atom stereocenters. The average molecular weight is 415 g/mol. The second-order valence-corrected chi connectivity index (χ2v) is 7.87. The number of carboxylic acids is 1. The van der Waals surface area contributed by atoms with E-state index in [4.69, 9.17) is 4.98 Å². The van der Waals surface area contributed by atoms with Crippen molar-refractivity contribution in [3.63, 3.8) is 0 Å². The van der Waals surface area contributed by atoms with Gasteiger partial charge >= 0.3 is 5.97 Å². The molecule has 1 aliphatic rings. The Morgan fingerprint density at radius 2 is 1.87 bits per heavy atom. The predicted octanol–water partition coefficient (Wildman–Crippen LogP) is 6.59. The number of aromatic nitrogens is 1. The number of rotatable bonds is 3. The fraction of sp³-hybridized carbons (Fsp3) is 0.154. The number of pyridine rings is 1. The van der Waals surface area contributed by atoms with Gasteiger partial charge in [-0.15, -0.1) is 0 Å². The van der Waals surface area contributed by atoms with Crippen molar-refractivity contribution in [3.05, 3.63) is 89.0 Å². The van der Waals surface area contributed by atoms with E-state index < -0.39 is 11.8 Å². The molecule has 1 unspecified atom stereocenters. The molecule has 1 aliphatic carbocycles. The monoisotopic (exact) mass is 415 g/mol. The van der Waals surface area contributed by atoms with Crippen LogP contribution >= 0.6 is 0 Å². The highest BCUT2D eigenvalue weighted by Gasteiger charge is 2.30. The zero-order valence-corrected chi connectivity index (χ0v) is 16.8. The first-order valence-corrected chi connectivity index (χ1v) is 10.2. The zero-order chi connectivity index (χ0) is 21.7. The van der Waals surface area contributed by atoms with Crippen LogP contribution in [0, 0.1) is 11.6 Å². The summed E-state index contributed by atoms with van der Waals surface area (Å²) in [5.74, 6) is -1.81. The van der Waals surface area contributed by atoms with Crippen LogP contribution in [0.5, 0.6) is 0 Å². The van der Waals surface area contributed by atoms with Crippen LogP contribution < -0.4 is 0 Å². The molecule has 1 aromatic heterocycles. The molecular formula is C26H19F2NO2. The number of hydrogen-bond donors (Lipinski definition) is 1. The SMILES string of the molecule is CCC1Cc2c(nc3ccc(F)cc3c2C(=O)O)-c2ccc(-c3ccccc3F)cc21. The molecule has 0 radical (unpaired) electrons. The number of halogens is 2. The molecule has 4 aromatic rings. The maximum atomic E-state index is 14.4. The van der Waals surface area contributed by atoms with Gasteiger partial charge < -0.3 is 5.11 Å². The summed E-state index contributed by atoms with van der Waals surface area (Å²) in [7, 11) is 0. The summed E-state index contributed by atoms with van der Waals surface area (Å²) in [4.78, 5) is 16.9. The lowest BCUT2D eigenvalue weighted by Crippen LogP contribution is -2.17. The number of hydrogen-bond acceptors (Lipinski definition) is 2. The molecule has 154 valence electrons. The number of nitrogens with zero attached hydrogens (tertiary/aromatic N) is 1. The van der Waals surface area contributed by atoms with Crippen LogP contribution in [0.25, 0.3) is 33.3 Å². The third-order valence-corrected chi connectivity index (χ3v) is 6.14. The number of fused-ring (bicyclic) bond motifs is 4. The number of aromatic carboxylic acids is 1. The maximum absolute atomic E-state index is 14.4.